The molecule has 5 nitrogen and oxygen atoms in total. The number of nitrogens with one attached hydrogen (secondary N) is 2. The predicted molar refractivity (Wildman–Crippen MR) is 102 cm³/mol. The van der Waals surface area contributed by atoms with Gasteiger partial charge in [0.1, 0.15) is 12.4 Å². The van der Waals surface area contributed by atoms with Crippen molar-refractivity contribution in [1.82, 2.24) is 15.6 Å². The number of carbonyl (C=O) groups is 1. The number of carbonyl (C=O) groups excluding carboxylic acids is 1. The third kappa shape index (κ3) is 3.52. The van der Waals surface area contributed by atoms with E-state index in [4.69, 9.17) is 4.74 Å². The normalized spacial score (nSPS) is 16.8. The number of pyridine rings is 1. The van der Waals surface area contributed by atoms with Gasteiger partial charge in [0, 0.05) is 11.8 Å². The molecule has 0 radical (unpaired) electrons. The Hall–Kier alpha value is -2.56. The number of ether oxygens (including phenoxy) is 1. The van der Waals surface area contributed by atoms with E-state index in [-0.39, 0.29) is 24.0 Å². The van der Waals surface area contributed by atoms with Gasteiger partial charge in [-0.25, -0.2) is 4.79 Å². The zero-order valence-electron chi connectivity index (χ0n) is 16.1. The molecule has 5 heteroatoms. The van der Waals surface area contributed by atoms with Crippen molar-refractivity contribution in [3.63, 3.8) is 0 Å². The summed E-state index contributed by atoms with van der Waals surface area (Å²) in [5.74, 6) is 1.13. The molecule has 0 spiro atoms. The van der Waals surface area contributed by atoms with Gasteiger partial charge in [0.25, 0.3) is 0 Å². The Balaban J connectivity index is 1.73. The molecular weight excluding hydrogens is 326 g/mol. The maximum Gasteiger partial charge on any atom is 0.315 e. The molecule has 1 aromatic heterocycles. The zero-order valence-corrected chi connectivity index (χ0v) is 16.1. The maximum absolute atomic E-state index is 12.7. The highest BCUT2D eigenvalue weighted by molar-refractivity contribution is 5.75. The molecule has 1 aromatic carbocycles. The largest absolute Gasteiger partial charge is 0.490 e. The number of fused-ring (bicyclic) bond motifs is 1. The van der Waals surface area contributed by atoms with E-state index in [1.807, 2.05) is 25.1 Å². The van der Waals surface area contributed by atoms with Gasteiger partial charge in [0.2, 0.25) is 0 Å². The number of benzene rings is 1. The lowest BCUT2D eigenvalue weighted by Gasteiger charge is -2.24. The van der Waals surface area contributed by atoms with E-state index in [0.717, 1.165) is 28.1 Å². The predicted octanol–water partition coefficient (Wildman–Crippen LogP) is 4.14. The first-order valence-electron chi connectivity index (χ1n) is 9.10. The molecule has 2 N–H and O–H groups in total. The van der Waals surface area contributed by atoms with E-state index in [9.17, 15) is 4.79 Å². The second-order valence-electron chi connectivity index (χ2n) is 7.33. The van der Waals surface area contributed by atoms with Crippen LogP contribution in [0, 0.1) is 26.7 Å². The Labute approximate surface area is 155 Å². The van der Waals surface area contributed by atoms with E-state index < -0.39 is 0 Å². The van der Waals surface area contributed by atoms with E-state index in [1.54, 1.807) is 6.20 Å². The topological polar surface area (TPSA) is 63.2 Å². The number of nitrogens with zero attached hydrogens (tertiary/aromatic N) is 1. The van der Waals surface area contributed by atoms with Crippen LogP contribution in [0.15, 0.2) is 30.5 Å². The van der Waals surface area contributed by atoms with Crippen molar-refractivity contribution in [1.29, 1.82) is 0 Å². The highest BCUT2D eigenvalue weighted by Gasteiger charge is 2.29. The lowest BCUT2D eigenvalue weighted by atomic mass is 9.97. The molecule has 26 heavy (non-hydrogen) atoms. The monoisotopic (exact) mass is 353 g/mol. The summed E-state index contributed by atoms with van der Waals surface area (Å²) in [4.78, 5) is 17.1. The van der Waals surface area contributed by atoms with Crippen molar-refractivity contribution in [2.45, 2.75) is 46.7 Å². The summed E-state index contributed by atoms with van der Waals surface area (Å²) in [5, 5.41) is 6.14. The Bertz CT molecular complexity index is 817. The minimum absolute atomic E-state index is 0.137. The van der Waals surface area contributed by atoms with Gasteiger partial charge in [-0.15, -0.1) is 0 Å². The molecular formula is C21H27N3O2. The molecule has 2 heterocycles. The van der Waals surface area contributed by atoms with Crippen molar-refractivity contribution < 1.29 is 9.53 Å². The van der Waals surface area contributed by atoms with Gasteiger partial charge in [0.15, 0.2) is 0 Å². The summed E-state index contributed by atoms with van der Waals surface area (Å²) in [6.45, 7) is 10.8. The maximum atomic E-state index is 12.7. The van der Waals surface area contributed by atoms with Crippen LogP contribution in [0.25, 0.3) is 0 Å². The third-order valence-electron chi connectivity index (χ3n) is 5.08. The Morgan fingerprint density at radius 3 is 2.65 bits per heavy atom. The fourth-order valence-electron chi connectivity index (χ4n) is 3.37. The highest BCUT2D eigenvalue weighted by atomic mass is 16.5. The molecule has 0 saturated carbocycles. The SMILES string of the molecule is Cc1cccnc1C(NC(=O)NC1COc2c1ccc(C)c2C)C(C)C. The summed E-state index contributed by atoms with van der Waals surface area (Å²) in [7, 11) is 0. The summed E-state index contributed by atoms with van der Waals surface area (Å²) >= 11 is 0. The van der Waals surface area contributed by atoms with Crippen LogP contribution in [0.3, 0.4) is 0 Å². The quantitative estimate of drug-likeness (QED) is 0.868. The molecule has 0 saturated heterocycles. The van der Waals surface area contributed by atoms with Crippen LogP contribution in [0.2, 0.25) is 0 Å². The Kier molecular flexibility index (Phi) is 5.16. The van der Waals surface area contributed by atoms with Gasteiger partial charge in [-0.3, -0.25) is 4.98 Å². The van der Waals surface area contributed by atoms with Crippen molar-refractivity contribution >= 4 is 6.03 Å². The van der Waals surface area contributed by atoms with Crippen molar-refractivity contribution in [2.75, 3.05) is 6.61 Å². The van der Waals surface area contributed by atoms with E-state index in [2.05, 4.69) is 49.4 Å². The van der Waals surface area contributed by atoms with Crippen molar-refractivity contribution in [2.24, 2.45) is 5.92 Å². The van der Waals surface area contributed by atoms with Gasteiger partial charge in [-0.1, -0.05) is 32.0 Å². The molecule has 2 amide bonds. The molecule has 2 atom stereocenters. The van der Waals surface area contributed by atoms with Crippen LogP contribution in [0.5, 0.6) is 5.75 Å². The minimum Gasteiger partial charge on any atom is -0.490 e. The number of urea groups is 1. The average molecular weight is 353 g/mol. The van der Waals surface area contributed by atoms with E-state index >= 15 is 0 Å². The van der Waals surface area contributed by atoms with Gasteiger partial charge < -0.3 is 15.4 Å². The molecule has 0 fully saturated rings. The number of aromatic nitrogens is 1. The first-order chi connectivity index (χ1) is 12.4. The minimum atomic E-state index is -0.201. The standard InChI is InChI=1S/C21H27N3O2/c1-12(2)18(19-14(4)7-6-10-22-19)24-21(25)23-17-11-26-20-15(5)13(3)8-9-16(17)20/h6-10,12,17-18H,11H2,1-5H3,(H2,23,24,25). The van der Waals surface area contributed by atoms with Crippen LogP contribution >= 0.6 is 0 Å². The molecule has 0 aliphatic carbocycles. The molecule has 0 bridgehead atoms. The average Bonchev–Trinajstić information content (AvgIpc) is 3.00. The molecule has 2 unspecified atom stereocenters. The summed E-state index contributed by atoms with van der Waals surface area (Å²) in [5.41, 5.74) is 5.36. The van der Waals surface area contributed by atoms with Crippen LogP contribution < -0.4 is 15.4 Å². The van der Waals surface area contributed by atoms with E-state index in [0.29, 0.717) is 6.61 Å². The summed E-state index contributed by atoms with van der Waals surface area (Å²) in [6, 6.07) is 7.56. The number of rotatable bonds is 4. The molecule has 1 aliphatic rings. The number of aryl methyl sites for hydroxylation is 2. The van der Waals surface area contributed by atoms with Gasteiger partial charge >= 0.3 is 6.03 Å². The molecule has 138 valence electrons. The van der Waals surface area contributed by atoms with Gasteiger partial charge in [0.05, 0.1) is 17.8 Å². The molecule has 3 rings (SSSR count). The van der Waals surface area contributed by atoms with Crippen LogP contribution in [-0.2, 0) is 0 Å². The molecule has 2 aromatic rings. The molecule has 1 aliphatic heterocycles. The van der Waals surface area contributed by atoms with Crippen LogP contribution in [0.4, 0.5) is 4.79 Å². The number of hydrogen-bond acceptors (Lipinski definition) is 3. The number of hydrogen-bond donors (Lipinski definition) is 2. The van der Waals surface area contributed by atoms with Crippen LogP contribution in [-0.4, -0.2) is 17.6 Å². The van der Waals surface area contributed by atoms with Gasteiger partial charge in [-0.2, -0.15) is 0 Å². The fraction of sp³-hybridized carbons (Fsp3) is 0.429. The third-order valence-corrected chi connectivity index (χ3v) is 5.08. The summed E-state index contributed by atoms with van der Waals surface area (Å²) < 4.78 is 5.82. The first kappa shape index (κ1) is 18.2. The summed E-state index contributed by atoms with van der Waals surface area (Å²) in [6.07, 6.45) is 1.77. The lowest BCUT2D eigenvalue weighted by Crippen LogP contribution is -2.42. The fourth-order valence-corrected chi connectivity index (χ4v) is 3.37. The van der Waals surface area contributed by atoms with E-state index in [1.165, 1.54) is 5.56 Å². The Morgan fingerprint density at radius 2 is 1.96 bits per heavy atom. The van der Waals surface area contributed by atoms with Crippen molar-refractivity contribution in [3.8, 4) is 5.75 Å². The number of amides is 2. The smallest absolute Gasteiger partial charge is 0.315 e. The van der Waals surface area contributed by atoms with Crippen LogP contribution in [0.1, 0.15) is 53.9 Å². The highest BCUT2D eigenvalue weighted by Crippen LogP contribution is 2.36. The lowest BCUT2D eigenvalue weighted by molar-refractivity contribution is 0.224. The van der Waals surface area contributed by atoms with Crippen molar-refractivity contribution in [3.05, 3.63) is 58.4 Å². The second kappa shape index (κ2) is 7.36. The second-order valence-corrected chi connectivity index (χ2v) is 7.33. The van der Waals surface area contributed by atoms with Gasteiger partial charge in [-0.05, 0) is 49.4 Å². The first-order valence-corrected chi connectivity index (χ1v) is 9.10. The zero-order chi connectivity index (χ0) is 18.8. The Morgan fingerprint density at radius 1 is 1.19 bits per heavy atom.